The lowest BCUT2D eigenvalue weighted by Gasteiger charge is -2.19. The predicted octanol–water partition coefficient (Wildman–Crippen LogP) is 3.01. The molecule has 0 rings (SSSR count). The first-order chi connectivity index (χ1) is 11.5. The molecule has 0 aliphatic carbocycles. The third kappa shape index (κ3) is 8.17. The highest BCUT2D eigenvalue weighted by Gasteiger charge is 2.36. The maximum Gasteiger partial charge on any atom is 0.333 e. The Hall–Kier alpha value is -0.320. The van der Waals surface area contributed by atoms with Gasteiger partial charge in [-0.15, -0.1) is 47.0 Å². The van der Waals surface area contributed by atoms with Gasteiger partial charge in [0.25, 0.3) is 0 Å². The number of aliphatic imine (C=N–C) groups is 2. The van der Waals surface area contributed by atoms with E-state index in [0.717, 1.165) is 0 Å². The first kappa shape index (κ1) is 23.7. The molecule has 6 nitrogen and oxygen atoms in total. The highest BCUT2D eigenvalue weighted by molar-refractivity contribution is 8.38. The van der Waals surface area contributed by atoms with Crippen LogP contribution < -0.4 is 0 Å². The summed E-state index contributed by atoms with van der Waals surface area (Å²) in [5, 5.41) is 0. The van der Waals surface area contributed by atoms with Crippen LogP contribution in [0.1, 0.15) is 13.8 Å². The Balaban J connectivity index is 5.94. The molecular weight excluding hydrogens is 388 g/mol. The quantitative estimate of drug-likeness (QED) is 0.359. The largest absolute Gasteiger partial charge is 0.464 e. The fourth-order valence-corrected chi connectivity index (χ4v) is 3.77. The average Bonchev–Trinajstić information content (AvgIpc) is 2.58. The number of ether oxygens (including phenoxy) is 2. The van der Waals surface area contributed by atoms with Crippen molar-refractivity contribution in [3.63, 3.8) is 0 Å². The van der Waals surface area contributed by atoms with Crippen molar-refractivity contribution in [2.24, 2.45) is 9.98 Å². The molecule has 0 N–H and O–H groups in total. The van der Waals surface area contributed by atoms with Gasteiger partial charge in [0.2, 0.25) is 0 Å². The van der Waals surface area contributed by atoms with E-state index in [1.165, 1.54) is 47.0 Å². The van der Waals surface area contributed by atoms with Crippen LogP contribution in [-0.4, -0.2) is 71.0 Å². The van der Waals surface area contributed by atoms with Crippen molar-refractivity contribution in [1.29, 1.82) is 0 Å². The van der Waals surface area contributed by atoms with Crippen molar-refractivity contribution in [3.05, 3.63) is 0 Å². The molecule has 0 aromatic carbocycles. The molecule has 0 spiro atoms. The Kier molecular flexibility index (Phi) is 13.7. The lowest BCUT2D eigenvalue weighted by molar-refractivity contribution is -0.152. The highest BCUT2D eigenvalue weighted by Crippen LogP contribution is 2.20. The van der Waals surface area contributed by atoms with E-state index < -0.39 is 24.0 Å². The van der Waals surface area contributed by atoms with Crippen molar-refractivity contribution < 1.29 is 19.1 Å². The minimum Gasteiger partial charge on any atom is -0.464 e. The van der Waals surface area contributed by atoms with E-state index in [-0.39, 0.29) is 13.2 Å². The van der Waals surface area contributed by atoms with Crippen LogP contribution in [0.3, 0.4) is 0 Å². The molecule has 0 aromatic heterocycles. The summed E-state index contributed by atoms with van der Waals surface area (Å²) in [6.45, 7) is 3.83. The third-order valence-electron chi connectivity index (χ3n) is 2.54. The zero-order valence-corrected chi connectivity index (χ0v) is 18.0. The number of esters is 2. The maximum atomic E-state index is 12.4. The van der Waals surface area contributed by atoms with Gasteiger partial charge in [-0.05, 0) is 38.9 Å². The highest BCUT2D eigenvalue weighted by atomic mass is 32.2. The lowest BCUT2D eigenvalue weighted by Crippen LogP contribution is -2.40. The van der Waals surface area contributed by atoms with Gasteiger partial charge < -0.3 is 9.47 Å². The number of rotatable bonds is 7. The molecule has 0 aliphatic rings. The van der Waals surface area contributed by atoms with E-state index in [1.807, 2.05) is 25.0 Å². The van der Waals surface area contributed by atoms with Gasteiger partial charge in [-0.3, -0.25) is 9.98 Å². The normalized spacial score (nSPS) is 12.8. The minimum absolute atomic E-state index is 0.204. The summed E-state index contributed by atoms with van der Waals surface area (Å²) in [4.78, 5) is 33.6. The second-order valence-electron chi connectivity index (χ2n) is 4.00. The summed E-state index contributed by atoms with van der Waals surface area (Å²) in [5.41, 5.74) is 0. The Bertz CT molecular complexity index is 418. The topological polar surface area (TPSA) is 77.3 Å². The molecule has 0 radical (unpaired) electrons. The first-order valence-corrected chi connectivity index (χ1v) is 12.0. The van der Waals surface area contributed by atoms with Crippen LogP contribution in [0.15, 0.2) is 9.98 Å². The van der Waals surface area contributed by atoms with E-state index >= 15 is 0 Å². The van der Waals surface area contributed by atoms with Gasteiger partial charge in [0.05, 0.1) is 13.2 Å². The molecule has 24 heavy (non-hydrogen) atoms. The van der Waals surface area contributed by atoms with Crippen LogP contribution in [-0.2, 0) is 19.1 Å². The average molecular weight is 413 g/mol. The van der Waals surface area contributed by atoms with Crippen molar-refractivity contribution in [1.82, 2.24) is 0 Å². The standard InChI is InChI=1S/C14H24N2O4S4/c1-7-19-11(17)9(15-13(21-3)22-4)10(12(18)20-8-2)16-14(23-5)24-6/h9-10H,7-8H2,1-6H3/t9-,10-/m1/s1. The molecule has 0 bridgehead atoms. The van der Waals surface area contributed by atoms with Gasteiger partial charge in [-0.2, -0.15) is 0 Å². The molecule has 0 heterocycles. The van der Waals surface area contributed by atoms with Gasteiger partial charge in [-0.25, -0.2) is 9.59 Å². The predicted molar refractivity (Wildman–Crippen MR) is 110 cm³/mol. The van der Waals surface area contributed by atoms with Gasteiger partial charge in [0.1, 0.15) is 8.75 Å². The molecule has 0 saturated heterocycles. The summed E-state index contributed by atoms with van der Waals surface area (Å²) >= 11 is 5.60. The van der Waals surface area contributed by atoms with Crippen LogP contribution in [0.4, 0.5) is 0 Å². The fourth-order valence-electron chi connectivity index (χ4n) is 1.56. The van der Waals surface area contributed by atoms with E-state index in [1.54, 1.807) is 13.8 Å². The van der Waals surface area contributed by atoms with Crippen molar-refractivity contribution >= 4 is 67.7 Å². The SMILES string of the molecule is CCOC(=O)[C@H](N=C(SC)SC)[C@@H](N=C(SC)SC)C(=O)OCC. The Labute approximate surface area is 160 Å². The van der Waals surface area contributed by atoms with Crippen LogP contribution in [0, 0.1) is 0 Å². The first-order valence-electron chi connectivity index (χ1n) is 7.13. The second kappa shape index (κ2) is 13.9. The molecule has 0 aliphatic heterocycles. The molecule has 10 heteroatoms. The van der Waals surface area contributed by atoms with Gasteiger partial charge in [-0.1, -0.05) is 0 Å². The number of carbonyl (C=O) groups is 2. The van der Waals surface area contributed by atoms with E-state index in [2.05, 4.69) is 9.98 Å². The summed E-state index contributed by atoms with van der Waals surface area (Å²) in [6, 6.07) is -2.12. The Morgan fingerprint density at radius 1 is 0.750 bits per heavy atom. The maximum absolute atomic E-state index is 12.4. The summed E-state index contributed by atoms with van der Waals surface area (Å²) in [6.07, 6.45) is 7.43. The van der Waals surface area contributed by atoms with Crippen LogP contribution in [0.5, 0.6) is 0 Å². The van der Waals surface area contributed by atoms with Crippen LogP contribution >= 0.6 is 47.0 Å². The van der Waals surface area contributed by atoms with Crippen LogP contribution in [0.25, 0.3) is 0 Å². The summed E-state index contributed by atoms with van der Waals surface area (Å²) < 4.78 is 11.5. The zero-order chi connectivity index (χ0) is 18.5. The zero-order valence-electron chi connectivity index (χ0n) is 14.7. The minimum atomic E-state index is -1.06. The Morgan fingerprint density at radius 3 is 1.25 bits per heavy atom. The van der Waals surface area contributed by atoms with E-state index in [9.17, 15) is 9.59 Å². The number of hydrogen-bond donors (Lipinski definition) is 0. The fraction of sp³-hybridized carbons (Fsp3) is 0.714. The number of thioether (sulfide) groups is 4. The number of nitrogens with zero attached hydrogens (tertiary/aromatic N) is 2. The molecule has 0 fully saturated rings. The van der Waals surface area contributed by atoms with Gasteiger partial charge in [0, 0.05) is 0 Å². The van der Waals surface area contributed by atoms with Crippen molar-refractivity contribution in [2.45, 2.75) is 25.9 Å². The van der Waals surface area contributed by atoms with E-state index in [0.29, 0.717) is 8.75 Å². The molecule has 138 valence electrons. The third-order valence-corrected chi connectivity index (χ3v) is 6.36. The lowest BCUT2D eigenvalue weighted by atomic mass is 10.1. The smallest absolute Gasteiger partial charge is 0.333 e. The van der Waals surface area contributed by atoms with Gasteiger partial charge in [0.15, 0.2) is 12.1 Å². The molecule has 0 amide bonds. The number of hydrogen-bond acceptors (Lipinski definition) is 10. The molecule has 0 aromatic rings. The van der Waals surface area contributed by atoms with E-state index in [4.69, 9.17) is 9.47 Å². The van der Waals surface area contributed by atoms with Crippen LogP contribution in [0.2, 0.25) is 0 Å². The second-order valence-corrected chi connectivity index (χ2v) is 7.70. The molecular formula is C14H24N2O4S4. The summed E-state index contributed by atoms with van der Waals surface area (Å²) in [5.74, 6) is -1.16. The number of carbonyl (C=O) groups excluding carboxylic acids is 2. The summed E-state index contributed by atoms with van der Waals surface area (Å²) in [7, 11) is 0. The van der Waals surface area contributed by atoms with Crippen molar-refractivity contribution in [3.8, 4) is 0 Å². The Morgan fingerprint density at radius 2 is 1.04 bits per heavy atom. The monoisotopic (exact) mass is 412 g/mol. The van der Waals surface area contributed by atoms with Crippen molar-refractivity contribution in [2.75, 3.05) is 38.2 Å². The molecule has 0 unspecified atom stereocenters. The van der Waals surface area contributed by atoms with Gasteiger partial charge >= 0.3 is 11.9 Å². The molecule has 0 saturated carbocycles. The molecule has 2 atom stereocenters.